The highest BCUT2D eigenvalue weighted by molar-refractivity contribution is 5.60. The van der Waals surface area contributed by atoms with Crippen molar-refractivity contribution in [3.63, 3.8) is 0 Å². The Morgan fingerprint density at radius 1 is 1.33 bits per heavy atom. The lowest BCUT2D eigenvalue weighted by Crippen LogP contribution is -2.29. The number of rotatable bonds is 0. The van der Waals surface area contributed by atoms with Gasteiger partial charge in [0.1, 0.15) is 12.4 Å². The van der Waals surface area contributed by atoms with Gasteiger partial charge in [-0.1, -0.05) is 0 Å². The summed E-state index contributed by atoms with van der Waals surface area (Å²) in [5.41, 5.74) is 0.0331. The minimum absolute atomic E-state index is 0.304. The van der Waals surface area contributed by atoms with E-state index in [2.05, 4.69) is 0 Å². The van der Waals surface area contributed by atoms with Crippen molar-refractivity contribution in [3.8, 4) is 5.75 Å². The normalized spacial score (nSPS) is 15.9. The molecule has 0 unspecified atom stereocenters. The van der Waals surface area contributed by atoms with Crippen LogP contribution in [0.3, 0.4) is 0 Å². The van der Waals surface area contributed by atoms with E-state index < -0.39 is 11.7 Å². The summed E-state index contributed by atoms with van der Waals surface area (Å²) in [6.07, 6.45) is -4.31. The van der Waals surface area contributed by atoms with Gasteiger partial charge in [-0.3, -0.25) is 0 Å². The van der Waals surface area contributed by atoms with Crippen LogP contribution in [0.25, 0.3) is 0 Å². The summed E-state index contributed by atoms with van der Waals surface area (Å²) >= 11 is 0. The van der Waals surface area contributed by atoms with Crippen molar-refractivity contribution in [2.24, 2.45) is 0 Å². The molecule has 0 aromatic heterocycles. The minimum Gasteiger partial charge on any atom is -0.490 e. The summed E-state index contributed by atoms with van der Waals surface area (Å²) in [6, 6.07) is 3.56. The molecule has 82 valence electrons. The number of likely N-dealkylation sites (N-methyl/N-ethyl adjacent to an activating group) is 1. The molecule has 1 aromatic rings. The average molecular weight is 217 g/mol. The van der Waals surface area contributed by atoms with E-state index in [1.165, 1.54) is 6.07 Å². The quantitative estimate of drug-likeness (QED) is 0.662. The number of benzene rings is 1. The monoisotopic (exact) mass is 217 g/mol. The summed E-state index contributed by atoms with van der Waals surface area (Å²) in [7, 11) is 1.83. The van der Waals surface area contributed by atoms with E-state index in [1.807, 2.05) is 11.9 Å². The highest BCUT2D eigenvalue weighted by Gasteiger charge is 2.32. The van der Waals surface area contributed by atoms with Gasteiger partial charge in [-0.15, -0.1) is 0 Å². The fraction of sp³-hybridized carbons (Fsp3) is 0.400. The molecule has 0 radical (unpaired) electrons. The van der Waals surface area contributed by atoms with Gasteiger partial charge in [0, 0.05) is 7.05 Å². The SMILES string of the molecule is CN1CCOc2cc(C(F)(F)F)ccc21. The molecule has 1 aliphatic heterocycles. The molecule has 1 heterocycles. The number of ether oxygens (including phenoxy) is 1. The first-order valence-corrected chi connectivity index (χ1v) is 4.53. The molecule has 15 heavy (non-hydrogen) atoms. The van der Waals surface area contributed by atoms with E-state index in [0.29, 0.717) is 24.6 Å². The number of hydrogen-bond acceptors (Lipinski definition) is 2. The maximum Gasteiger partial charge on any atom is 0.416 e. The Bertz CT molecular complexity index is 375. The number of fused-ring (bicyclic) bond motifs is 1. The van der Waals surface area contributed by atoms with Crippen molar-refractivity contribution in [3.05, 3.63) is 23.8 Å². The Kier molecular flexibility index (Phi) is 2.25. The maximum absolute atomic E-state index is 12.4. The van der Waals surface area contributed by atoms with Gasteiger partial charge >= 0.3 is 6.18 Å². The third kappa shape index (κ3) is 1.86. The maximum atomic E-state index is 12.4. The summed E-state index contributed by atoms with van der Waals surface area (Å²) in [5.74, 6) is 0.304. The van der Waals surface area contributed by atoms with E-state index in [0.717, 1.165) is 12.1 Å². The van der Waals surface area contributed by atoms with E-state index in [4.69, 9.17) is 4.74 Å². The minimum atomic E-state index is -4.31. The van der Waals surface area contributed by atoms with Crippen LogP contribution >= 0.6 is 0 Å². The molecular formula is C10H10F3NO. The number of hydrogen-bond donors (Lipinski definition) is 0. The zero-order valence-corrected chi connectivity index (χ0v) is 8.14. The Hall–Kier alpha value is -1.39. The summed E-state index contributed by atoms with van der Waals surface area (Å²) in [4.78, 5) is 1.87. The van der Waals surface area contributed by atoms with Crippen molar-refractivity contribution in [2.45, 2.75) is 6.18 Å². The zero-order valence-electron chi connectivity index (χ0n) is 8.14. The van der Waals surface area contributed by atoms with E-state index in [1.54, 1.807) is 0 Å². The van der Waals surface area contributed by atoms with Crippen molar-refractivity contribution in [1.82, 2.24) is 0 Å². The number of halogens is 3. The van der Waals surface area contributed by atoms with Gasteiger partial charge in [-0.2, -0.15) is 13.2 Å². The standard InChI is InChI=1S/C10H10F3NO/c1-14-4-5-15-9-6-7(10(11,12)13)2-3-8(9)14/h2-3,6H,4-5H2,1H3. The van der Waals surface area contributed by atoms with E-state index in [9.17, 15) is 13.2 Å². The summed E-state index contributed by atoms with van der Waals surface area (Å²) in [5, 5.41) is 0. The fourth-order valence-electron chi connectivity index (χ4n) is 1.53. The van der Waals surface area contributed by atoms with Crippen molar-refractivity contribution >= 4 is 5.69 Å². The third-order valence-corrected chi connectivity index (χ3v) is 2.38. The highest BCUT2D eigenvalue weighted by atomic mass is 19.4. The zero-order chi connectivity index (χ0) is 11.1. The van der Waals surface area contributed by atoms with Crippen LogP contribution in [0.5, 0.6) is 5.75 Å². The molecule has 0 fully saturated rings. The first-order valence-electron chi connectivity index (χ1n) is 4.53. The molecule has 1 aliphatic rings. The Morgan fingerprint density at radius 2 is 2.07 bits per heavy atom. The van der Waals surface area contributed by atoms with Crippen LogP contribution in [0.15, 0.2) is 18.2 Å². The van der Waals surface area contributed by atoms with Gasteiger partial charge in [0.25, 0.3) is 0 Å². The van der Waals surface area contributed by atoms with E-state index in [-0.39, 0.29) is 0 Å². The Morgan fingerprint density at radius 3 is 2.73 bits per heavy atom. The van der Waals surface area contributed by atoms with Crippen LogP contribution in [-0.4, -0.2) is 20.2 Å². The van der Waals surface area contributed by atoms with Gasteiger partial charge in [-0.25, -0.2) is 0 Å². The first kappa shape index (κ1) is 10.1. The lowest BCUT2D eigenvalue weighted by atomic mass is 10.1. The van der Waals surface area contributed by atoms with Gasteiger partial charge in [0.2, 0.25) is 0 Å². The predicted octanol–water partition coefficient (Wildman–Crippen LogP) is 2.53. The Balaban J connectivity index is 2.42. The lowest BCUT2D eigenvalue weighted by molar-refractivity contribution is -0.137. The summed E-state index contributed by atoms with van der Waals surface area (Å²) in [6.45, 7) is 1.11. The van der Waals surface area contributed by atoms with Crippen LogP contribution < -0.4 is 9.64 Å². The molecule has 0 aliphatic carbocycles. The van der Waals surface area contributed by atoms with Crippen LogP contribution in [0.4, 0.5) is 18.9 Å². The number of nitrogens with zero attached hydrogens (tertiary/aromatic N) is 1. The van der Waals surface area contributed by atoms with Crippen LogP contribution in [0.1, 0.15) is 5.56 Å². The lowest BCUT2D eigenvalue weighted by Gasteiger charge is -2.28. The molecule has 5 heteroatoms. The molecule has 2 rings (SSSR count). The van der Waals surface area contributed by atoms with Crippen molar-refractivity contribution < 1.29 is 17.9 Å². The third-order valence-electron chi connectivity index (χ3n) is 2.38. The molecule has 0 spiro atoms. The molecule has 0 amide bonds. The molecule has 0 bridgehead atoms. The molecule has 0 saturated carbocycles. The molecule has 0 N–H and O–H groups in total. The average Bonchev–Trinajstić information content (AvgIpc) is 2.16. The molecule has 0 saturated heterocycles. The number of anilines is 1. The fourth-order valence-corrected chi connectivity index (χ4v) is 1.53. The molecule has 1 aromatic carbocycles. The second-order valence-corrected chi connectivity index (χ2v) is 3.45. The molecular weight excluding hydrogens is 207 g/mol. The van der Waals surface area contributed by atoms with Crippen LogP contribution in [0.2, 0.25) is 0 Å². The Labute approximate surface area is 85.3 Å². The topological polar surface area (TPSA) is 12.5 Å². The second-order valence-electron chi connectivity index (χ2n) is 3.45. The predicted molar refractivity (Wildman–Crippen MR) is 50.2 cm³/mol. The largest absolute Gasteiger partial charge is 0.490 e. The second kappa shape index (κ2) is 3.32. The van der Waals surface area contributed by atoms with E-state index >= 15 is 0 Å². The molecule has 0 atom stereocenters. The molecule has 2 nitrogen and oxygen atoms in total. The van der Waals surface area contributed by atoms with Gasteiger partial charge in [0.05, 0.1) is 17.8 Å². The number of alkyl halides is 3. The smallest absolute Gasteiger partial charge is 0.416 e. The van der Waals surface area contributed by atoms with Crippen molar-refractivity contribution in [1.29, 1.82) is 0 Å². The summed E-state index contributed by atoms with van der Waals surface area (Å²) < 4.78 is 42.3. The van der Waals surface area contributed by atoms with Gasteiger partial charge in [-0.05, 0) is 18.2 Å². The highest BCUT2D eigenvalue weighted by Crippen LogP contribution is 2.37. The first-order chi connectivity index (χ1) is 6.98. The van der Waals surface area contributed by atoms with Crippen molar-refractivity contribution in [2.75, 3.05) is 25.1 Å². The van der Waals surface area contributed by atoms with Crippen LogP contribution in [-0.2, 0) is 6.18 Å². The van der Waals surface area contributed by atoms with Gasteiger partial charge < -0.3 is 9.64 Å². The van der Waals surface area contributed by atoms with Gasteiger partial charge in [0.15, 0.2) is 0 Å². The van der Waals surface area contributed by atoms with Crippen LogP contribution in [0, 0.1) is 0 Å².